The maximum atomic E-state index is 3.68. The van der Waals surface area contributed by atoms with Gasteiger partial charge in [-0.15, -0.1) is 0 Å². The van der Waals surface area contributed by atoms with Crippen LogP contribution in [0.5, 0.6) is 0 Å². The molecule has 0 amide bonds. The maximum absolute atomic E-state index is 3.68. The molecule has 1 heteroatoms. The van der Waals surface area contributed by atoms with Gasteiger partial charge in [0.05, 0.1) is 0 Å². The van der Waals surface area contributed by atoms with Crippen LogP contribution in [0.2, 0.25) is 0 Å². The van der Waals surface area contributed by atoms with Crippen LogP contribution in [0.1, 0.15) is 51.2 Å². The van der Waals surface area contributed by atoms with Crippen molar-refractivity contribution in [3.8, 4) is 0 Å². The average molecular weight is 257 g/mol. The molecule has 0 spiro atoms. The Hall–Kier alpha value is -0.820. The molecule has 3 rings (SSSR count). The highest BCUT2D eigenvalue weighted by Gasteiger charge is 2.50. The predicted molar refractivity (Wildman–Crippen MR) is 81.5 cm³/mol. The van der Waals surface area contributed by atoms with Gasteiger partial charge in [-0.05, 0) is 60.6 Å². The van der Waals surface area contributed by atoms with E-state index in [0.29, 0.717) is 5.41 Å². The van der Waals surface area contributed by atoms with Gasteiger partial charge in [0.2, 0.25) is 0 Å². The van der Waals surface area contributed by atoms with Crippen LogP contribution in [0.25, 0.3) is 0 Å². The molecule has 0 heterocycles. The summed E-state index contributed by atoms with van der Waals surface area (Å²) in [4.78, 5) is 0. The molecule has 2 fully saturated rings. The zero-order valence-electron chi connectivity index (χ0n) is 12.6. The van der Waals surface area contributed by atoms with Crippen molar-refractivity contribution in [2.24, 2.45) is 11.8 Å². The third kappa shape index (κ3) is 3.02. The lowest BCUT2D eigenvalue weighted by Crippen LogP contribution is -2.22. The first-order chi connectivity index (χ1) is 9.08. The summed E-state index contributed by atoms with van der Waals surface area (Å²) < 4.78 is 0. The standard InChI is InChI=1S/C18H27N/c1-13(2)10-14-4-6-15(7-5-14)18(3)11-16(18)12-19-17-8-9-17/h4-7,13,16-17,19H,8-12H2,1-3H3. The van der Waals surface area contributed by atoms with Gasteiger partial charge in [0.1, 0.15) is 0 Å². The lowest BCUT2D eigenvalue weighted by Gasteiger charge is -2.14. The first-order valence-electron chi connectivity index (χ1n) is 7.91. The van der Waals surface area contributed by atoms with Gasteiger partial charge >= 0.3 is 0 Å². The molecule has 0 aliphatic heterocycles. The summed E-state index contributed by atoms with van der Waals surface area (Å²) in [5.74, 6) is 1.60. The van der Waals surface area contributed by atoms with E-state index in [0.717, 1.165) is 17.9 Å². The van der Waals surface area contributed by atoms with Crippen LogP contribution in [-0.2, 0) is 11.8 Å². The van der Waals surface area contributed by atoms with Crippen LogP contribution < -0.4 is 5.32 Å². The Morgan fingerprint density at radius 1 is 1.21 bits per heavy atom. The fourth-order valence-corrected chi connectivity index (χ4v) is 3.19. The van der Waals surface area contributed by atoms with Gasteiger partial charge in [0.15, 0.2) is 0 Å². The topological polar surface area (TPSA) is 12.0 Å². The molecule has 2 unspecified atom stereocenters. The zero-order valence-corrected chi connectivity index (χ0v) is 12.6. The zero-order chi connectivity index (χ0) is 13.5. The summed E-state index contributed by atoms with van der Waals surface area (Å²) in [5.41, 5.74) is 3.47. The smallest absolute Gasteiger partial charge is 0.00683 e. The minimum Gasteiger partial charge on any atom is -0.314 e. The Balaban J connectivity index is 1.59. The van der Waals surface area contributed by atoms with Gasteiger partial charge in [-0.1, -0.05) is 45.0 Å². The highest BCUT2D eigenvalue weighted by atomic mass is 15.0. The molecule has 104 valence electrons. The second-order valence-corrected chi connectivity index (χ2v) is 7.30. The first-order valence-corrected chi connectivity index (χ1v) is 7.91. The highest BCUT2D eigenvalue weighted by Crippen LogP contribution is 2.53. The highest BCUT2D eigenvalue weighted by molar-refractivity contribution is 5.35. The average Bonchev–Trinajstić information content (AvgIpc) is 3.24. The second-order valence-electron chi connectivity index (χ2n) is 7.30. The molecule has 1 nitrogen and oxygen atoms in total. The van der Waals surface area contributed by atoms with E-state index in [4.69, 9.17) is 0 Å². The van der Waals surface area contributed by atoms with Crippen molar-refractivity contribution in [2.75, 3.05) is 6.54 Å². The number of nitrogens with one attached hydrogen (secondary N) is 1. The SMILES string of the molecule is CC(C)Cc1ccc(C2(C)CC2CNC2CC2)cc1. The van der Waals surface area contributed by atoms with Gasteiger partial charge in [-0.2, -0.15) is 0 Å². The van der Waals surface area contributed by atoms with Crippen molar-refractivity contribution in [3.63, 3.8) is 0 Å². The third-order valence-electron chi connectivity index (χ3n) is 4.90. The van der Waals surface area contributed by atoms with Crippen molar-refractivity contribution in [3.05, 3.63) is 35.4 Å². The summed E-state index contributed by atoms with van der Waals surface area (Å²) in [6, 6.07) is 10.3. The molecule has 0 aromatic heterocycles. The first kappa shape index (κ1) is 13.2. The number of benzene rings is 1. The number of hydrogen-bond donors (Lipinski definition) is 1. The third-order valence-corrected chi connectivity index (χ3v) is 4.90. The minimum atomic E-state index is 0.443. The van der Waals surface area contributed by atoms with E-state index in [-0.39, 0.29) is 0 Å². The van der Waals surface area contributed by atoms with E-state index < -0.39 is 0 Å². The Morgan fingerprint density at radius 2 is 1.89 bits per heavy atom. The van der Waals surface area contributed by atoms with Crippen LogP contribution in [0.4, 0.5) is 0 Å². The van der Waals surface area contributed by atoms with Crippen LogP contribution in [0.3, 0.4) is 0 Å². The normalized spacial score (nSPS) is 29.8. The van der Waals surface area contributed by atoms with Crippen molar-refractivity contribution in [1.82, 2.24) is 5.32 Å². The van der Waals surface area contributed by atoms with E-state index in [9.17, 15) is 0 Å². The molecule has 0 bridgehead atoms. The fraction of sp³-hybridized carbons (Fsp3) is 0.667. The van der Waals surface area contributed by atoms with E-state index in [1.165, 1.54) is 37.8 Å². The number of hydrogen-bond acceptors (Lipinski definition) is 1. The Bertz CT molecular complexity index is 430. The van der Waals surface area contributed by atoms with E-state index in [2.05, 4.69) is 50.4 Å². The number of rotatable bonds is 6. The van der Waals surface area contributed by atoms with Crippen molar-refractivity contribution >= 4 is 0 Å². The molecule has 2 saturated carbocycles. The van der Waals surface area contributed by atoms with Gasteiger partial charge in [0, 0.05) is 6.04 Å². The fourth-order valence-electron chi connectivity index (χ4n) is 3.19. The quantitative estimate of drug-likeness (QED) is 0.814. The molecule has 19 heavy (non-hydrogen) atoms. The van der Waals surface area contributed by atoms with Crippen LogP contribution in [0, 0.1) is 11.8 Å². The van der Waals surface area contributed by atoms with Crippen LogP contribution in [-0.4, -0.2) is 12.6 Å². The molecule has 0 radical (unpaired) electrons. The van der Waals surface area contributed by atoms with Gasteiger partial charge < -0.3 is 5.32 Å². The molecule has 2 aliphatic rings. The summed E-state index contributed by atoms with van der Waals surface area (Å²) >= 11 is 0. The molecule has 2 aliphatic carbocycles. The molecular formula is C18H27N. The van der Waals surface area contributed by atoms with Crippen molar-refractivity contribution in [1.29, 1.82) is 0 Å². The second kappa shape index (κ2) is 4.94. The van der Waals surface area contributed by atoms with Gasteiger partial charge in [-0.25, -0.2) is 0 Å². The Morgan fingerprint density at radius 3 is 2.47 bits per heavy atom. The van der Waals surface area contributed by atoms with Crippen molar-refractivity contribution < 1.29 is 0 Å². The Labute approximate surface area is 117 Å². The molecule has 1 aromatic rings. The molecule has 1 N–H and O–H groups in total. The Kier molecular flexibility index (Phi) is 3.42. The summed E-state index contributed by atoms with van der Waals surface area (Å²) in [6.07, 6.45) is 5.35. The van der Waals surface area contributed by atoms with E-state index in [1.54, 1.807) is 5.56 Å². The monoisotopic (exact) mass is 257 g/mol. The molecular weight excluding hydrogens is 230 g/mol. The molecule has 2 atom stereocenters. The lowest BCUT2D eigenvalue weighted by atomic mass is 9.93. The van der Waals surface area contributed by atoms with Crippen molar-refractivity contribution in [2.45, 2.75) is 57.9 Å². The van der Waals surface area contributed by atoms with Gasteiger partial charge in [-0.3, -0.25) is 0 Å². The van der Waals surface area contributed by atoms with Crippen LogP contribution >= 0.6 is 0 Å². The van der Waals surface area contributed by atoms with Gasteiger partial charge in [0.25, 0.3) is 0 Å². The maximum Gasteiger partial charge on any atom is 0.00683 e. The van der Waals surface area contributed by atoms with Crippen LogP contribution in [0.15, 0.2) is 24.3 Å². The summed E-state index contributed by atoms with van der Waals surface area (Å²) in [5, 5.41) is 3.68. The summed E-state index contributed by atoms with van der Waals surface area (Å²) in [6.45, 7) is 8.23. The van der Waals surface area contributed by atoms with E-state index >= 15 is 0 Å². The molecule has 1 aromatic carbocycles. The summed E-state index contributed by atoms with van der Waals surface area (Å²) in [7, 11) is 0. The minimum absolute atomic E-state index is 0.443. The molecule has 0 saturated heterocycles. The lowest BCUT2D eigenvalue weighted by molar-refractivity contribution is 0.575. The van der Waals surface area contributed by atoms with E-state index in [1.807, 2.05) is 0 Å². The largest absolute Gasteiger partial charge is 0.314 e. The predicted octanol–water partition coefficient (Wildman–Crippen LogP) is 3.91.